The first kappa shape index (κ1) is 14.3. The van der Waals surface area contributed by atoms with Crippen LogP contribution in [0.2, 0.25) is 4.34 Å². The number of carbonyl (C=O) groups excluding carboxylic acids is 1. The monoisotopic (exact) mass is 311 g/mol. The third-order valence-electron chi connectivity index (χ3n) is 2.29. The summed E-state index contributed by atoms with van der Waals surface area (Å²) < 4.78 is 0.663. The molecule has 0 unspecified atom stereocenters. The lowest BCUT2D eigenvalue weighted by Crippen LogP contribution is -2.27. The Kier molecular flexibility index (Phi) is 4.54. The highest BCUT2D eigenvalue weighted by atomic mass is 35.5. The van der Waals surface area contributed by atoms with Gasteiger partial charge in [-0.3, -0.25) is 0 Å². The number of anilines is 1. The molecular weight excluding hydrogens is 302 g/mol. The van der Waals surface area contributed by atoms with Crippen LogP contribution in [0.25, 0.3) is 0 Å². The molecule has 0 aliphatic carbocycles. The number of carbonyl (C=O) groups is 2. The average molecular weight is 312 g/mol. The lowest BCUT2D eigenvalue weighted by Gasteiger charge is -2.06. The Bertz CT molecular complexity index is 627. The maximum Gasteiger partial charge on any atom is 0.354 e. The van der Waals surface area contributed by atoms with E-state index < -0.39 is 12.0 Å². The molecule has 2 aromatic rings. The van der Waals surface area contributed by atoms with Crippen molar-refractivity contribution in [2.45, 2.75) is 6.54 Å². The van der Waals surface area contributed by atoms with Crippen molar-refractivity contribution in [3.05, 3.63) is 45.4 Å². The summed E-state index contributed by atoms with van der Waals surface area (Å²) in [6.45, 7) is 0.365. The molecular formula is C12H10ClN3O3S. The molecule has 3 N–H and O–H groups in total. The molecule has 2 aromatic heterocycles. The average Bonchev–Trinajstić information content (AvgIpc) is 2.83. The van der Waals surface area contributed by atoms with Crippen LogP contribution >= 0.6 is 22.9 Å². The number of hydrogen-bond acceptors (Lipinski definition) is 4. The van der Waals surface area contributed by atoms with Crippen molar-refractivity contribution in [1.82, 2.24) is 10.3 Å². The van der Waals surface area contributed by atoms with Gasteiger partial charge in [-0.25, -0.2) is 14.6 Å². The highest BCUT2D eigenvalue weighted by Crippen LogP contribution is 2.20. The normalized spacial score (nSPS) is 10.1. The molecule has 0 radical (unpaired) electrons. The van der Waals surface area contributed by atoms with Crippen LogP contribution in [0.1, 0.15) is 15.4 Å². The van der Waals surface area contributed by atoms with Gasteiger partial charge < -0.3 is 15.7 Å². The van der Waals surface area contributed by atoms with Crippen molar-refractivity contribution in [1.29, 1.82) is 0 Å². The van der Waals surface area contributed by atoms with Crippen LogP contribution in [0.15, 0.2) is 30.5 Å². The summed E-state index contributed by atoms with van der Waals surface area (Å²) in [4.78, 5) is 26.9. The fraction of sp³-hybridized carbons (Fsp3) is 0.0833. The Hall–Kier alpha value is -2.12. The summed E-state index contributed by atoms with van der Waals surface area (Å²) in [7, 11) is 0. The third kappa shape index (κ3) is 3.94. The number of hydrogen-bond donors (Lipinski definition) is 3. The van der Waals surface area contributed by atoms with Crippen LogP contribution in [-0.2, 0) is 6.54 Å². The molecule has 0 spiro atoms. The van der Waals surface area contributed by atoms with E-state index in [9.17, 15) is 9.59 Å². The zero-order valence-electron chi connectivity index (χ0n) is 10.1. The zero-order valence-corrected chi connectivity index (χ0v) is 11.7. The Labute approximate surface area is 123 Å². The Morgan fingerprint density at radius 1 is 1.30 bits per heavy atom. The summed E-state index contributed by atoms with van der Waals surface area (Å²) in [5, 5.41) is 13.9. The summed E-state index contributed by atoms with van der Waals surface area (Å²) in [6.07, 6.45) is 1.28. The molecule has 0 fully saturated rings. The quantitative estimate of drug-likeness (QED) is 0.809. The Morgan fingerprint density at radius 2 is 2.10 bits per heavy atom. The van der Waals surface area contributed by atoms with E-state index in [1.165, 1.54) is 29.7 Å². The maximum atomic E-state index is 11.6. The molecule has 2 rings (SSSR count). The van der Waals surface area contributed by atoms with E-state index in [-0.39, 0.29) is 5.69 Å². The Balaban J connectivity index is 1.86. The minimum absolute atomic E-state index is 0.0795. The van der Waals surface area contributed by atoms with Crippen molar-refractivity contribution in [3.8, 4) is 0 Å². The van der Waals surface area contributed by atoms with E-state index in [0.29, 0.717) is 16.6 Å². The van der Waals surface area contributed by atoms with Crippen molar-refractivity contribution in [2.24, 2.45) is 0 Å². The van der Waals surface area contributed by atoms with E-state index in [1.54, 1.807) is 6.07 Å². The van der Waals surface area contributed by atoms with Crippen LogP contribution in [-0.4, -0.2) is 22.1 Å². The SMILES string of the molecule is O=C(NCc1ccc(Cl)s1)Nc1ccc(C(=O)O)nc1. The summed E-state index contributed by atoms with van der Waals surface area (Å²) in [6, 6.07) is 5.97. The van der Waals surface area contributed by atoms with E-state index in [4.69, 9.17) is 16.7 Å². The largest absolute Gasteiger partial charge is 0.477 e. The fourth-order valence-electron chi connectivity index (χ4n) is 1.38. The van der Waals surface area contributed by atoms with E-state index in [0.717, 1.165) is 4.88 Å². The molecule has 0 saturated heterocycles. The number of rotatable bonds is 4. The molecule has 0 atom stereocenters. The number of pyridine rings is 1. The number of thiophene rings is 1. The lowest BCUT2D eigenvalue weighted by atomic mass is 10.3. The van der Waals surface area contributed by atoms with Crippen LogP contribution in [0.5, 0.6) is 0 Å². The van der Waals surface area contributed by atoms with Crippen molar-refractivity contribution in [3.63, 3.8) is 0 Å². The van der Waals surface area contributed by atoms with Crippen LogP contribution < -0.4 is 10.6 Å². The fourth-order valence-corrected chi connectivity index (χ4v) is 2.41. The van der Waals surface area contributed by atoms with E-state index in [1.807, 2.05) is 6.07 Å². The summed E-state index contributed by atoms with van der Waals surface area (Å²) in [5.41, 5.74) is 0.334. The predicted octanol–water partition coefficient (Wildman–Crippen LogP) is 2.82. The number of carboxylic acid groups (broad SMARTS) is 1. The number of aromatic carboxylic acids is 1. The van der Waals surface area contributed by atoms with Gasteiger partial charge >= 0.3 is 12.0 Å². The molecule has 0 saturated carbocycles. The minimum Gasteiger partial charge on any atom is -0.477 e. The second kappa shape index (κ2) is 6.36. The summed E-state index contributed by atoms with van der Waals surface area (Å²) >= 11 is 7.17. The number of urea groups is 1. The molecule has 0 aliphatic rings. The van der Waals surface area contributed by atoms with Crippen molar-refractivity contribution >= 4 is 40.6 Å². The standard InChI is InChI=1S/C12H10ClN3O3S/c13-10-4-2-8(20-10)6-15-12(19)16-7-1-3-9(11(17)18)14-5-7/h1-5H,6H2,(H,17,18)(H2,15,16,19). The number of carboxylic acids is 1. The molecule has 0 aliphatic heterocycles. The van der Waals surface area contributed by atoms with Gasteiger partial charge in [-0.05, 0) is 24.3 Å². The zero-order chi connectivity index (χ0) is 14.5. The number of halogens is 1. The van der Waals surface area contributed by atoms with Crippen molar-refractivity contribution < 1.29 is 14.7 Å². The topological polar surface area (TPSA) is 91.3 Å². The second-order valence-corrected chi connectivity index (χ2v) is 5.55. The van der Waals surface area contributed by atoms with Gasteiger partial charge in [0.05, 0.1) is 22.8 Å². The van der Waals surface area contributed by atoms with Gasteiger partial charge in [0, 0.05) is 4.88 Å². The van der Waals surface area contributed by atoms with Gasteiger partial charge in [-0.1, -0.05) is 11.6 Å². The van der Waals surface area contributed by atoms with E-state index >= 15 is 0 Å². The molecule has 0 bridgehead atoms. The van der Waals surface area contributed by atoms with Gasteiger partial charge in [0.2, 0.25) is 0 Å². The number of nitrogens with one attached hydrogen (secondary N) is 2. The molecule has 2 heterocycles. The van der Waals surface area contributed by atoms with Gasteiger partial charge in [0.15, 0.2) is 0 Å². The van der Waals surface area contributed by atoms with E-state index in [2.05, 4.69) is 15.6 Å². The third-order valence-corrected chi connectivity index (χ3v) is 3.52. The molecule has 0 aromatic carbocycles. The maximum absolute atomic E-state index is 11.6. The lowest BCUT2D eigenvalue weighted by molar-refractivity contribution is 0.0690. The predicted molar refractivity (Wildman–Crippen MR) is 76.4 cm³/mol. The molecule has 104 valence electrons. The van der Waals surface area contributed by atoms with Crippen LogP contribution in [0.4, 0.5) is 10.5 Å². The molecule has 20 heavy (non-hydrogen) atoms. The molecule has 6 nitrogen and oxygen atoms in total. The Morgan fingerprint density at radius 3 is 2.65 bits per heavy atom. The minimum atomic E-state index is -1.12. The van der Waals surface area contributed by atoms with Crippen molar-refractivity contribution in [2.75, 3.05) is 5.32 Å². The van der Waals surface area contributed by atoms with Crippen LogP contribution in [0, 0.1) is 0 Å². The first-order valence-corrected chi connectivity index (χ1v) is 6.72. The van der Waals surface area contributed by atoms with Gasteiger partial charge in [-0.2, -0.15) is 0 Å². The molecule has 2 amide bonds. The first-order chi connectivity index (χ1) is 9.54. The van der Waals surface area contributed by atoms with Crippen LogP contribution in [0.3, 0.4) is 0 Å². The molecule has 8 heteroatoms. The highest BCUT2D eigenvalue weighted by molar-refractivity contribution is 7.16. The first-order valence-electron chi connectivity index (χ1n) is 5.53. The number of aromatic nitrogens is 1. The number of amides is 2. The van der Waals surface area contributed by atoms with Gasteiger partial charge in [0.1, 0.15) is 5.69 Å². The second-order valence-electron chi connectivity index (χ2n) is 3.75. The number of nitrogens with zero attached hydrogens (tertiary/aromatic N) is 1. The summed E-state index contributed by atoms with van der Waals surface area (Å²) in [5.74, 6) is -1.12. The highest BCUT2D eigenvalue weighted by Gasteiger charge is 2.06. The smallest absolute Gasteiger partial charge is 0.354 e. The van der Waals surface area contributed by atoms with Gasteiger partial charge in [-0.15, -0.1) is 11.3 Å². The van der Waals surface area contributed by atoms with Gasteiger partial charge in [0.25, 0.3) is 0 Å².